The van der Waals surface area contributed by atoms with Crippen molar-refractivity contribution >= 4 is 0 Å². The summed E-state index contributed by atoms with van der Waals surface area (Å²) in [5.41, 5.74) is 0. The molecule has 78 valence electrons. The summed E-state index contributed by atoms with van der Waals surface area (Å²) < 4.78 is 0. The predicted molar refractivity (Wildman–Crippen MR) is 57.9 cm³/mol. The molecule has 0 aliphatic carbocycles. The lowest BCUT2D eigenvalue weighted by Crippen LogP contribution is -2.34. The third-order valence-corrected chi connectivity index (χ3v) is 3.17. The molecule has 1 saturated heterocycles. The first kappa shape index (κ1) is 11.0. The molecule has 0 spiro atoms. The van der Waals surface area contributed by atoms with E-state index in [9.17, 15) is 0 Å². The maximum atomic E-state index is 3.49. The van der Waals surface area contributed by atoms with Crippen LogP contribution in [0.4, 0.5) is 0 Å². The molecule has 2 heteroatoms. The Balaban J connectivity index is 2.17. The van der Waals surface area contributed by atoms with Crippen LogP contribution in [0.3, 0.4) is 0 Å². The minimum absolute atomic E-state index is 0.884. The summed E-state index contributed by atoms with van der Waals surface area (Å²) in [7, 11) is 4.32. The van der Waals surface area contributed by atoms with E-state index in [1.165, 1.54) is 38.9 Å². The van der Waals surface area contributed by atoms with Crippen LogP contribution in [0.5, 0.6) is 0 Å². The van der Waals surface area contributed by atoms with Gasteiger partial charge in [-0.05, 0) is 64.8 Å². The summed E-state index contributed by atoms with van der Waals surface area (Å²) in [5, 5.41) is 3.49. The monoisotopic (exact) mass is 184 g/mol. The smallest absolute Gasteiger partial charge is 0.00180 e. The summed E-state index contributed by atoms with van der Waals surface area (Å²) in [6, 6.07) is 0. The highest BCUT2D eigenvalue weighted by molar-refractivity contribution is 4.74. The van der Waals surface area contributed by atoms with E-state index in [1.807, 2.05) is 0 Å². The Bertz CT molecular complexity index is 128. The Kier molecular flexibility index (Phi) is 4.74. The van der Waals surface area contributed by atoms with Gasteiger partial charge in [-0.25, -0.2) is 0 Å². The molecule has 1 aliphatic rings. The quantitative estimate of drug-likeness (QED) is 0.713. The van der Waals surface area contributed by atoms with E-state index >= 15 is 0 Å². The zero-order valence-electron chi connectivity index (χ0n) is 9.34. The predicted octanol–water partition coefficient (Wildman–Crippen LogP) is 1.57. The van der Waals surface area contributed by atoms with Crippen LogP contribution in [0.25, 0.3) is 0 Å². The second-order valence-electron chi connectivity index (χ2n) is 4.68. The van der Waals surface area contributed by atoms with Crippen LogP contribution < -0.4 is 5.32 Å². The molecule has 13 heavy (non-hydrogen) atoms. The van der Waals surface area contributed by atoms with E-state index in [1.54, 1.807) is 0 Å². The van der Waals surface area contributed by atoms with Gasteiger partial charge >= 0.3 is 0 Å². The minimum Gasteiger partial charge on any atom is -0.316 e. The van der Waals surface area contributed by atoms with Gasteiger partial charge in [0.05, 0.1) is 0 Å². The summed E-state index contributed by atoms with van der Waals surface area (Å²) in [4.78, 5) is 2.28. The SMILES string of the molecule is CC(CCN(C)C)C1CCCNC1. The number of nitrogens with one attached hydrogen (secondary N) is 1. The fourth-order valence-corrected chi connectivity index (χ4v) is 2.06. The molecule has 2 unspecified atom stereocenters. The summed E-state index contributed by atoms with van der Waals surface area (Å²) in [6.45, 7) is 6.12. The molecule has 0 aromatic carbocycles. The van der Waals surface area contributed by atoms with Crippen LogP contribution in [0.2, 0.25) is 0 Å². The lowest BCUT2D eigenvalue weighted by molar-refractivity contribution is 0.245. The van der Waals surface area contributed by atoms with Crippen LogP contribution in [0, 0.1) is 11.8 Å². The van der Waals surface area contributed by atoms with Gasteiger partial charge in [-0.15, -0.1) is 0 Å². The average Bonchev–Trinajstić information content (AvgIpc) is 2.15. The van der Waals surface area contributed by atoms with Gasteiger partial charge < -0.3 is 10.2 Å². The molecule has 0 bridgehead atoms. The standard InChI is InChI=1S/C11H24N2/c1-10(6-8-13(2)3)11-5-4-7-12-9-11/h10-12H,4-9H2,1-3H3. The van der Waals surface area contributed by atoms with Crippen molar-refractivity contribution in [2.75, 3.05) is 33.7 Å². The highest BCUT2D eigenvalue weighted by Gasteiger charge is 2.19. The fourth-order valence-electron chi connectivity index (χ4n) is 2.06. The molecule has 0 radical (unpaired) electrons. The number of hydrogen-bond donors (Lipinski definition) is 1. The largest absolute Gasteiger partial charge is 0.316 e. The van der Waals surface area contributed by atoms with Crippen molar-refractivity contribution in [2.45, 2.75) is 26.2 Å². The minimum atomic E-state index is 0.884. The molecule has 1 fully saturated rings. The van der Waals surface area contributed by atoms with E-state index in [4.69, 9.17) is 0 Å². The van der Waals surface area contributed by atoms with E-state index in [-0.39, 0.29) is 0 Å². The normalized spacial score (nSPS) is 26.3. The zero-order chi connectivity index (χ0) is 9.68. The molecule has 1 rings (SSSR count). The maximum Gasteiger partial charge on any atom is -0.00180 e. The first-order valence-electron chi connectivity index (χ1n) is 5.55. The summed E-state index contributed by atoms with van der Waals surface area (Å²) in [5.74, 6) is 1.81. The van der Waals surface area contributed by atoms with E-state index in [0.717, 1.165) is 11.8 Å². The van der Waals surface area contributed by atoms with Gasteiger partial charge in [-0.3, -0.25) is 0 Å². The first-order valence-corrected chi connectivity index (χ1v) is 5.55. The second-order valence-corrected chi connectivity index (χ2v) is 4.68. The van der Waals surface area contributed by atoms with Gasteiger partial charge in [0.25, 0.3) is 0 Å². The van der Waals surface area contributed by atoms with E-state index in [0.29, 0.717) is 0 Å². The Morgan fingerprint density at radius 2 is 2.23 bits per heavy atom. The maximum absolute atomic E-state index is 3.49. The first-order chi connectivity index (χ1) is 6.20. The topological polar surface area (TPSA) is 15.3 Å². The number of nitrogens with zero attached hydrogens (tertiary/aromatic N) is 1. The number of hydrogen-bond acceptors (Lipinski definition) is 2. The van der Waals surface area contributed by atoms with Gasteiger partial charge in [-0.1, -0.05) is 6.92 Å². The van der Waals surface area contributed by atoms with Crippen molar-refractivity contribution in [3.8, 4) is 0 Å². The van der Waals surface area contributed by atoms with Crippen LogP contribution in [-0.2, 0) is 0 Å². The fraction of sp³-hybridized carbons (Fsp3) is 1.00. The van der Waals surface area contributed by atoms with Gasteiger partial charge in [0.2, 0.25) is 0 Å². The molecule has 2 atom stereocenters. The van der Waals surface area contributed by atoms with Gasteiger partial charge in [0.15, 0.2) is 0 Å². The zero-order valence-corrected chi connectivity index (χ0v) is 9.34. The molecule has 0 saturated carbocycles. The van der Waals surface area contributed by atoms with E-state index in [2.05, 4.69) is 31.2 Å². The molecule has 0 aromatic rings. The number of rotatable bonds is 4. The molecule has 2 nitrogen and oxygen atoms in total. The Morgan fingerprint density at radius 3 is 2.77 bits per heavy atom. The second kappa shape index (κ2) is 5.61. The third-order valence-electron chi connectivity index (χ3n) is 3.17. The molecule has 1 aliphatic heterocycles. The Labute approximate surface area is 82.7 Å². The number of piperidine rings is 1. The van der Waals surface area contributed by atoms with Crippen LogP contribution in [0.15, 0.2) is 0 Å². The molecule has 1 N–H and O–H groups in total. The lowest BCUT2D eigenvalue weighted by atomic mass is 9.85. The summed E-state index contributed by atoms with van der Waals surface area (Å²) in [6.07, 6.45) is 4.15. The third kappa shape index (κ3) is 4.10. The van der Waals surface area contributed by atoms with Gasteiger partial charge in [0, 0.05) is 0 Å². The van der Waals surface area contributed by atoms with Crippen LogP contribution in [0.1, 0.15) is 26.2 Å². The van der Waals surface area contributed by atoms with Gasteiger partial charge in [0.1, 0.15) is 0 Å². The molecule has 0 amide bonds. The van der Waals surface area contributed by atoms with Crippen molar-refractivity contribution in [1.29, 1.82) is 0 Å². The van der Waals surface area contributed by atoms with Crippen molar-refractivity contribution in [3.05, 3.63) is 0 Å². The van der Waals surface area contributed by atoms with Crippen LogP contribution in [-0.4, -0.2) is 38.6 Å². The van der Waals surface area contributed by atoms with Crippen molar-refractivity contribution in [2.24, 2.45) is 11.8 Å². The highest BCUT2D eigenvalue weighted by Crippen LogP contribution is 2.22. The lowest BCUT2D eigenvalue weighted by Gasteiger charge is -2.29. The Morgan fingerprint density at radius 1 is 1.46 bits per heavy atom. The Hall–Kier alpha value is -0.0800. The van der Waals surface area contributed by atoms with Crippen molar-refractivity contribution in [1.82, 2.24) is 10.2 Å². The molecular weight excluding hydrogens is 160 g/mol. The summed E-state index contributed by atoms with van der Waals surface area (Å²) >= 11 is 0. The van der Waals surface area contributed by atoms with Gasteiger partial charge in [-0.2, -0.15) is 0 Å². The van der Waals surface area contributed by atoms with Crippen molar-refractivity contribution < 1.29 is 0 Å². The molecule has 1 heterocycles. The molecular formula is C11H24N2. The van der Waals surface area contributed by atoms with E-state index < -0.39 is 0 Å². The molecule has 0 aromatic heterocycles. The average molecular weight is 184 g/mol. The highest BCUT2D eigenvalue weighted by atomic mass is 15.0. The van der Waals surface area contributed by atoms with Crippen LogP contribution >= 0.6 is 0 Å². The van der Waals surface area contributed by atoms with Crippen molar-refractivity contribution in [3.63, 3.8) is 0 Å².